The lowest BCUT2D eigenvalue weighted by Gasteiger charge is -2.12. The number of hydrogen-bond acceptors (Lipinski definition) is 3. The van der Waals surface area contributed by atoms with E-state index in [9.17, 15) is 4.79 Å². The zero-order valence-electron chi connectivity index (χ0n) is 17.8. The lowest BCUT2D eigenvalue weighted by Crippen LogP contribution is -2.25. The van der Waals surface area contributed by atoms with E-state index in [1.807, 2.05) is 49.4 Å². The van der Waals surface area contributed by atoms with Crippen molar-refractivity contribution in [1.29, 1.82) is 0 Å². The standard InChI is InChI=1S/C25H31N3O2/c1-3-11-20-12-5-8-15-23(20)30-19-10-9-18-28-22-14-7-6-13-21(22)27-24(28)16-17-26-25(29)4-2/h3,5-8,12-15H,1,4,9-11,16-19H2,2H3,(H,26,29). The van der Waals surface area contributed by atoms with Gasteiger partial charge in [-0.15, -0.1) is 6.58 Å². The second-order valence-electron chi connectivity index (χ2n) is 7.28. The lowest BCUT2D eigenvalue weighted by atomic mass is 10.1. The minimum Gasteiger partial charge on any atom is -0.493 e. The molecule has 3 rings (SSSR count). The van der Waals surface area contributed by atoms with E-state index in [1.165, 1.54) is 5.56 Å². The first-order chi connectivity index (χ1) is 14.7. The smallest absolute Gasteiger partial charge is 0.219 e. The van der Waals surface area contributed by atoms with Gasteiger partial charge in [0.25, 0.3) is 0 Å². The molecule has 1 N–H and O–H groups in total. The van der Waals surface area contributed by atoms with Crippen LogP contribution in [0, 0.1) is 0 Å². The zero-order chi connectivity index (χ0) is 21.2. The number of unbranched alkanes of at least 4 members (excludes halogenated alkanes) is 1. The van der Waals surface area contributed by atoms with Gasteiger partial charge in [-0.25, -0.2) is 4.98 Å². The number of benzene rings is 2. The highest BCUT2D eigenvalue weighted by Crippen LogP contribution is 2.20. The average molecular weight is 406 g/mol. The summed E-state index contributed by atoms with van der Waals surface area (Å²) in [6, 6.07) is 16.3. The Morgan fingerprint density at radius 3 is 2.80 bits per heavy atom. The Morgan fingerprint density at radius 2 is 1.97 bits per heavy atom. The minimum absolute atomic E-state index is 0.0755. The predicted octanol–water partition coefficient (Wildman–Crippen LogP) is 4.69. The van der Waals surface area contributed by atoms with Gasteiger partial charge in [0.15, 0.2) is 0 Å². The number of imidazole rings is 1. The molecule has 0 saturated carbocycles. The monoisotopic (exact) mass is 405 g/mol. The number of aryl methyl sites for hydroxylation is 1. The first-order valence-electron chi connectivity index (χ1n) is 10.8. The molecule has 0 unspecified atom stereocenters. The summed E-state index contributed by atoms with van der Waals surface area (Å²) in [4.78, 5) is 16.3. The molecule has 5 heteroatoms. The van der Waals surface area contributed by atoms with Gasteiger partial charge >= 0.3 is 0 Å². The Hall–Kier alpha value is -3.08. The van der Waals surface area contributed by atoms with Crippen LogP contribution in [-0.2, 0) is 24.2 Å². The van der Waals surface area contributed by atoms with Crippen LogP contribution in [0.25, 0.3) is 11.0 Å². The van der Waals surface area contributed by atoms with Gasteiger partial charge in [0.1, 0.15) is 11.6 Å². The Kier molecular flexibility index (Phi) is 8.07. The molecule has 0 bridgehead atoms. The topological polar surface area (TPSA) is 56.1 Å². The van der Waals surface area contributed by atoms with E-state index < -0.39 is 0 Å². The third kappa shape index (κ3) is 5.72. The molecule has 0 aliphatic rings. The molecular formula is C25H31N3O2. The van der Waals surface area contributed by atoms with Crippen molar-refractivity contribution in [1.82, 2.24) is 14.9 Å². The van der Waals surface area contributed by atoms with Crippen LogP contribution in [0.1, 0.15) is 37.6 Å². The van der Waals surface area contributed by atoms with Gasteiger partial charge in [-0.3, -0.25) is 4.79 Å². The minimum atomic E-state index is 0.0755. The molecule has 1 amide bonds. The summed E-state index contributed by atoms with van der Waals surface area (Å²) in [5, 5.41) is 2.94. The molecule has 1 aromatic heterocycles. The summed E-state index contributed by atoms with van der Waals surface area (Å²) in [7, 11) is 0. The van der Waals surface area contributed by atoms with E-state index in [0.717, 1.165) is 54.8 Å². The number of aromatic nitrogens is 2. The highest BCUT2D eigenvalue weighted by atomic mass is 16.5. The molecule has 0 fully saturated rings. The van der Waals surface area contributed by atoms with Crippen LogP contribution >= 0.6 is 0 Å². The maximum Gasteiger partial charge on any atom is 0.219 e. The van der Waals surface area contributed by atoms with Gasteiger partial charge in [0.2, 0.25) is 5.91 Å². The summed E-state index contributed by atoms with van der Waals surface area (Å²) < 4.78 is 8.29. The predicted molar refractivity (Wildman–Crippen MR) is 122 cm³/mol. The molecule has 0 aliphatic carbocycles. The first kappa shape index (κ1) is 21.6. The van der Waals surface area contributed by atoms with Crippen LogP contribution in [0.3, 0.4) is 0 Å². The molecule has 158 valence electrons. The van der Waals surface area contributed by atoms with Gasteiger partial charge in [-0.05, 0) is 43.0 Å². The number of allylic oxidation sites excluding steroid dienone is 1. The third-order valence-electron chi connectivity index (χ3n) is 5.10. The molecule has 5 nitrogen and oxygen atoms in total. The number of fused-ring (bicyclic) bond motifs is 1. The number of ether oxygens (including phenoxy) is 1. The highest BCUT2D eigenvalue weighted by molar-refractivity contribution is 5.76. The SMILES string of the molecule is C=CCc1ccccc1OCCCCn1c(CCNC(=O)CC)nc2ccccc21. The van der Waals surface area contributed by atoms with Gasteiger partial charge in [-0.1, -0.05) is 43.3 Å². The Morgan fingerprint density at radius 1 is 1.17 bits per heavy atom. The molecule has 3 aromatic rings. The van der Waals surface area contributed by atoms with E-state index in [4.69, 9.17) is 9.72 Å². The van der Waals surface area contributed by atoms with E-state index in [0.29, 0.717) is 19.6 Å². The number of carbonyl (C=O) groups is 1. The van der Waals surface area contributed by atoms with Crippen molar-refractivity contribution in [3.8, 4) is 5.75 Å². The highest BCUT2D eigenvalue weighted by Gasteiger charge is 2.10. The molecule has 0 spiro atoms. The van der Waals surface area contributed by atoms with Crippen molar-refractivity contribution in [2.45, 2.75) is 45.6 Å². The van der Waals surface area contributed by atoms with E-state index in [1.54, 1.807) is 0 Å². The normalized spacial score (nSPS) is 10.8. The van der Waals surface area contributed by atoms with Crippen LogP contribution < -0.4 is 10.1 Å². The summed E-state index contributed by atoms with van der Waals surface area (Å²) in [6.07, 6.45) is 5.91. The van der Waals surface area contributed by atoms with Crippen molar-refractivity contribution < 1.29 is 9.53 Å². The number of rotatable bonds is 12. The third-order valence-corrected chi connectivity index (χ3v) is 5.10. The summed E-state index contributed by atoms with van der Waals surface area (Å²) in [5.74, 6) is 2.04. The zero-order valence-corrected chi connectivity index (χ0v) is 17.8. The lowest BCUT2D eigenvalue weighted by molar-refractivity contribution is -0.120. The van der Waals surface area contributed by atoms with Crippen LogP contribution in [0.4, 0.5) is 0 Å². The summed E-state index contributed by atoms with van der Waals surface area (Å²) in [6.45, 7) is 7.86. The molecule has 0 atom stereocenters. The number of hydrogen-bond donors (Lipinski definition) is 1. The van der Waals surface area contributed by atoms with Gasteiger partial charge in [0.05, 0.1) is 17.6 Å². The van der Waals surface area contributed by atoms with Crippen molar-refractivity contribution in [2.24, 2.45) is 0 Å². The first-order valence-corrected chi connectivity index (χ1v) is 10.8. The molecule has 30 heavy (non-hydrogen) atoms. The largest absolute Gasteiger partial charge is 0.493 e. The second kappa shape index (κ2) is 11.2. The molecule has 0 saturated heterocycles. The molecule has 2 aromatic carbocycles. The van der Waals surface area contributed by atoms with Crippen molar-refractivity contribution in [3.05, 3.63) is 72.6 Å². The fraction of sp³-hybridized carbons (Fsp3) is 0.360. The molecule has 0 aliphatic heterocycles. The fourth-order valence-corrected chi connectivity index (χ4v) is 3.53. The molecule has 0 radical (unpaired) electrons. The van der Waals surface area contributed by atoms with E-state index in [2.05, 4.69) is 28.6 Å². The second-order valence-corrected chi connectivity index (χ2v) is 7.28. The van der Waals surface area contributed by atoms with Crippen LogP contribution in [-0.4, -0.2) is 28.6 Å². The average Bonchev–Trinajstić information content (AvgIpc) is 3.12. The number of para-hydroxylation sites is 3. The van der Waals surface area contributed by atoms with Gasteiger partial charge in [0, 0.05) is 25.9 Å². The van der Waals surface area contributed by atoms with E-state index >= 15 is 0 Å². The number of amides is 1. The quantitative estimate of drug-likeness (QED) is 0.351. The van der Waals surface area contributed by atoms with Gasteiger partial charge in [-0.2, -0.15) is 0 Å². The fourth-order valence-electron chi connectivity index (χ4n) is 3.53. The molecular weight excluding hydrogens is 374 g/mol. The van der Waals surface area contributed by atoms with Crippen molar-refractivity contribution in [2.75, 3.05) is 13.2 Å². The van der Waals surface area contributed by atoms with Crippen LogP contribution in [0.2, 0.25) is 0 Å². The van der Waals surface area contributed by atoms with Gasteiger partial charge < -0.3 is 14.6 Å². The maximum absolute atomic E-state index is 11.5. The summed E-state index contributed by atoms with van der Waals surface area (Å²) >= 11 is 0. The Labute approximate surface area is 178 Å². The van der Waals surface area contributed by atoms with Crippen LogP contribution in [0.15, 0.2) is 61.2 Å². The number of carbonyl (C=O) groups excluding carboxylic acids is 1. The Bertz CT molecular complexity index is 977. The van der Waals surface area contributed by atoms with E-state index in [-0.39, 0.29) is 5.91 Å². The Balaban J connectivity index is 1.56. The van der Waals surface area contributed by atoms with Crippen molar-refractivity contribution >= 4 is 16.9 Å². The maximum atomic E-state index is 11.5. The van der Waals surface area contributed by atoms with Crippen LogP contribution in [0.5, 0.6) is 5.75 Å². The number of nitrogens with one attached hydrogen (secondary N) is 1. The number of nitrogens with zero attached hydrogens (tertiary/aromatic N) is 2. The summed E-state index contributed by atoms with van der Waals surface area (Å²) in [5.41, 5.74) is 3.32. The molecule has 1 heterocycles. The van der Waals surface area contributed by atoms with Crippen molar-refractivity contribution in [3.63, 3.8) is 0 Å².